The van der Waals surface area contributed by atoms with Crippen molar-refractivity contribution in [1.82, 2.24) is 0 Å². The van der Waals surface area contributed by atoms with E-state index in [1.807, 2.05) is 0 Å². The van der Waals surface area contributed by atoms with Crippen LogP contribution in [0.1, 0.15) is 296 Å². The van der Waals surface area contributed by atoms with Crippen LogP contribution in [0.5, 0.6) is 0 Å². The number of hydrogen-bond donors (Lipinski definition) is 1. The zero-order valence-electron chi connectivity index (χ0n) is 36.2. The number of carbonyl (C=O) groups excluding carboxylic acids is 1. The van der Waals surface area contributed by atoms with Crippen molar-refractivity contribution in [2.75, 3.05) is 6.61 Å². The second kappa shape index (κ2) is 47.1. The van der Waals surface area contributed by atoms with Gasteiger partial charge in [-0.05, 0) is 19.3 Å². The van der Waals surface area contributed by atoms with E-state index in [4.69, 9.17) is 9.84 Å². The maximum absolute atomic E-state index is 11.9. The molecule has 0 aliphatic carbocycles. The lowest BCUT2D eigenvalue weighted by Crippen LogP contribution is -2.05. The first kappa shape index (κ1) is 51.9. The number of hydrogen-bond acceptors (Lipinski definition) is 3. The third-order valence-electron chi connectivity index (χ3n) is 11.5. The molecule has 0 heterocycles. The summed E-state index contributed by atoms with van der Waals surface area (Å²) in [5, 5.41) is 8.66. The maximum Gasteiger partial charge on any atom is 0.305 e. The summed E-state index contributed by atoms with van der Waals surface area (Å²) in [7, 11) is 0. The van der Waals surface area contributed by atoms with Crippen LogP contribution in [0.4, 0.5) is 0 Å². The first-order valence-corrected chi connectivity index (χ1v) is 24.5. The van der Waals surface area contributed by atoms with E-state index in [2.05, 4.69) is 6.92 Å². The third kappa shape index (κ3) is 48.9. The molecule has 53 heavy (non-hydrogen) atoms. The fraction of sp³-hybridized carbons (Fsp3) is 0.959. The van der Waals surface area contributed by atoms with Crippen LogP contribution >= 0.6 is 0 Å². The summed E-state index contributed by atoms with van der Waals surface area (Å²) in [6.45, 7) is 2.89. The molecule has 0 atom stereocenters. The molecule has 0 rings (SSSR count). The zero-order chi connectivity index (χ0) is 38.4. The van der Waals surface area contributed by atoms with Gasteiger partial charge in [0, 0.05) is 12.8 Å². The third-order valence-corrected chi connectivity index (χ3v) is 11.5. The number of ether oxygens (including phenoxy) is 1. The van der Waals surface area contributed by atoms with Gasteiger partial charge in [-0.2, -0.15) is 0 Å². The minimum atomic E-state index is -0.651. The lowest BCUT2D eigenvalue weighted by atomic mass is 10.0. The first-order chi connectivity index (χ1) is 26.2. The molecule has 0 saturated carbocycles. The number of rotatable bonds is 47. The van der Waals surface area contributed by atoms with E-state index in [1.165, 1.54) is 250 Å². The van der Waals surface area contributed by atoms with Crippen molar-refractivity contribution in [3.8, 4) is 0 Å². The fourth-order valence-electron chi connectivity index (χ4n) is 7.87. The summed E-state index contributed by atoms with van der Waals surface area (Å²) in [4.78, 5) is 22.4. The lowest BCUT2D eigenvalue weighted by Gasteiger charge is -2.06. The van der Waals surface area contributed by atoms with E-state index >= 15 is 0 Å². The predicted molar refractivity (Wildman–Crippen MR) is 232 cm³/mol. The number of carboxylic acid groups (broad SMARTS) is 1. The molecule has 0 amide bonds. The molecule has 0 aromatic rings. The van der Waals surface area contributed by atoms with Gasteiger partial charge in [-0.25, -0.2) is 0 Å². The Morgan fingerprint density at radius 2 is 0.509 bits per heavy atom. The van der Waals surface area contributed by atoms with Crippen molar-refractivity contribution in [1.29, 1.82) is 0 Å². The Labute approximate surface area is 332 Å². The van der Waals surface area contributed by atoms with Gasteiger partial charge in [0.25, 0.3) is 0 Å². The van der Waals surface area contributed by atoms with E-state index in [1.54, 1.807) is 0 Å². The highest BCUT2D eigenvalue weighted by atomic mass is 16.5. The number of unbranched alkanes of at least 4 members (excludes halogenated alkanes) is 41. The van der Waals surface area contributed by atoms with Crippen LogP contribution in [0.2, 0.25) is 0 Å². The summed E-state index contributed by atoms with van der Waals surface area (Å²) in [5.74, 6) is -0.630. The number of carbonyl (C=O) groups is 2. The minimum Gasteiger partial charge on any atom is -0.481 e. The van der Waals surface area contributed by atoms with Crippen molar-refractivity contribution < 1.29 is 19.4 Å². The normalized spacial score (nSPS) is 11.4. The van der Waals surface area contributed by atoms with Gasteiger partial charge < -0.3 is 9.84 Å². The highest BCUT2D eigenvalue weighted by molar-refractivity contribution is 5.69. The quantitative estimate of drug-likeness (QED) is 0.0497. The van der Waals surface area contributed by atoms with E-state index in [0.717, 1.165) is 25.7 Å². The van der Waals surface area contributed by atoms with Gasteiger partial charge in [0.05, 0.1) is 6.61 Å². The Morgan fingerprint density at radius 3 is 0.755 bits per heavy atom. The van der Waals surface area contributed by atoms with Gasteiger partial charge in [0.2, 0.25) is 0 Å². The summed E-state index contributed by atoms with van der Waals surface area (Å²) in [5.41, 5.74) is 0. The molecule has 0 aromatic carbocycles. The van der Waals surface area contributed by atoms with Crippen LogP contribution in [-0.2, 0) is 14.3 Å². The van der Waals surface area contributed by atoms with Crippen LogP contribution in [0.15, 0.2) is 0 Å². The highest BCUT2D eigenvalue weighted by Gasteiger charge is 2.03. The minimum absolute atomic E-state index is 0.0211. The summed E-state index contributed by atoms with van der Waals surface area (Å²) in [6.07, 6.45) is 59.0. The molecular formula is C49H96O4. The Hall–Kier alpha value is -1.06. The van der Waals surface area contributed by atoms with Crippen molar-refractivity contribution in [3.05, 3.63) is 0 Å². The van der Waals surface area contributed by atoms with Crippen molar-refractivity contribution in [2.45, 2.75) is 296 Å². The van der Waals surface area contributed by atoms with Crippen LogP contribution in [0, 0.1) is 0 Å². The molecular weight excluding hydrogens is 653 g/mol. The molecule has 0 saturated heterocycles. The van der Waals surface area contributed by atoms with Gasteiger partial charge in [-0.1, -0.05) is 264 Å². The van der Waals surface area contributed by atoms with Gasteiger partial charge in [-0.15, -0.1) is 0 Å². The van der Waals surface area contributed by atoms with Crippen molar-refractivity contribution in [2.24, 2.45) is 0 Å². The zero-order valence-corrected chi connectivity index (χ0v) is 36.2. The van der Waals surface area contributed by atoms with Crippen molar-refractivity contribution in [3.63, 3.8) is 0 Å². The maximum atomic E-state index is 11.9. The molecule has 4 heteroatoms. The van der Waals surface area contributed by atoms with Crippen LogP contribution < -0.4 is 0 Å². The predicted octanol–water partition coefficient (Wildman–Crippen LogP) is 17.2. The molecule has 0 aliphatic rings. The second-order valence-electron chi connectivity index (χ2n) is 17.0. The van der Waals surface area contributed by atoms with E-state index in [9.17, 15) is 9.59 Å². The Kier molecular flexibility index (Phi) is 46.2. The SMILES string of the molecule is CCCCCCCCCCCC(=O)OCCCCCCCCCCCCCCCCCCCCCCCCCCCCCCCCCCCCC(=O)O. The average molecular weight is 749 g/mol. The monoisotopic (exact) mass is 749 g/mol. The van der Waals surface area contributed by atoms with Crippen LogP contribution in [-0.4, -0.2) is 23.7 Å². The molecule has 316 valence electrons. The van der Waals surface area contributed by atoms with Crippen LogP contribution in [0.3, 0.4) is 0 Å². The number of carboxylic acids is 1. The standard InChI is InChI=1S/C49H96O4/c1-2-3-4-5-6-33-37-40-43-46-49(52)53-47-44-41-38-35-32-30-28-26-24-22-20-18-16-14-12-10-8-7-9-11-13-15-17-19-21-23-25-27-29-31-34-36-39-42-45-48(50)51/h2-47H2,1H3,(H,50,51). The van der Waals surface area contributed by atoms with Crippen molar-refractivity contribution >= 4 is 11.9 Å². The number of aliphatic carboxylic acids is 1. The number of esters is 1. The second-order valence-corrected chi connectivity index (χ2v) is 17.0. The molecule has 0 aliphatic heterocycles. The van der Waals surface area contributed by atoms with Gasteiger partial charge in [0.15, 0.2) is 0 Å². The Morgan fingerprint density at radius 1 is 0.302 bits per heavy atom. The Bertz CT molecular complexity index is 707. The first-order valence-electron chi connectivity index (χ1n) is 24.5. The largest absolute Gasteiger partial charge is 0.481 e. The molecule has 0 fully saturated rings. The molecule has 0 bridgehead atoms. The van der Waals surface area contributed by atoms with E-state index < -0.39 is 5.97 Å². The topological polar surface area (TPSA) is 63.6 Å². The van der Waals surface area contributed by atoms with E-state index in [-0.39, 0.29) is 5.97 Å². The summed E-state index contributed by atoms with van der Waals surface area (Å²) >= 11 is 0. The smallest absolute Gasteiger partial charge is 0.305 e. The molecule has 0 unspecified atom stereocenters. The van der Waals surface area contributed by atoms with Gasteiger partial charge >= 0.3 is 11.9 Å². The summed E-state index contributed by atoms with van der Waals surface area (Å²) in [6, 6.07) is 0. The molecule has 1 N–H and O–H groups in total. The fourth-order valence-corrected chi connectivity index (χ4v) is 7.87. The molecule has 0 radical (unpaired) electrons. The lowest BCUT2D eigenvalue weighted by molar-refractivity contribution is -0.144. The van der Waals surface area contributed by atoms with E-state index in [0.29, 0.717) is 19.4 Å². The summed E-state index contributed by atoms with van der Waals surface area (Å²) < 4.78 is 5.44. The molecule has 0 aromatic heterocycles. The van der Waals surface area contributed by atoms with Gasteiger partial charge in [-0.3, -0.25) is 9.59 Å². The van der Waals surface area contributed by atoms with Crippen LogP contribution in [0.25, 0.3) is 0 Å². The Balaban J connectivity index is 3.11. The molecule has 0 spiro atoms. The molecule has 4 nitrogen and oxygen atoms in total. The highest BCUT2D eigenvalue weighted by Crippen LogP contribution is 2.18. The average Bonchev–Trinajstić information content (AvgIpc) is 3.15. The van der Waals surface area contributed by atoms with Gasteiger partial charge in [0.1, 0.15) is 0 Å².